The van der Waals surface area contributed by atoms with E-state index in [4.69, 9.17) is 11.6 Å². The number of hydrogen-bond donors (Lipinski definition) is 1. The van der Waals surface area contributed by atoms with Gasteiger partial charge in [-0.2, -0.15) is 13.2 Å². The van der Waals surface area contributed by atoms with Crippen molar-refractivity contribution in [3.05, 3.63) is 77.4 Å². The molecule has 0 aliphatic heterocycles. The van der Waals surface area contributed by atoms with Gasteiger partial charge in [-0.25, -0.2) is 4.98 Å². The van der Waals surface area contributed by atoms with Crippen LogP contribution in [0.3, 0.4) is 0 Å². The SMILES string of the molecule is Cc1cc(NC(C)C(F)(F)F)nc2ccc(-c3ccc(-c4ccc(Cl)cc4)cn3)cc12. The minimum Gasteiger partial charge on any atom is -0.359 e. The minimum absolute atomic E-state index is 0.202. The third-order valence-electron chi connectivity index (χ3n) is 5.11. The number of aromatic nitrogens is 2. The normalized spacial score (nSPS) is 12.7. The highest BCUT2D eigenvalue weighted by Crippen LogP contribution is 2.29. The summed E-state index contributed by atoms with van der Waals surface area (Å²) in [4.78, 5) is 8.92. The Hall–Kier alpha value is -3.12. The largest absolute Gasteiger partial charge is 0.408 e. The molecule has 0 saturated heterocycles. The van der Waals surface area contributed by atoms with Gasteiger partial charge < -0.3 is 5.32 Å². The van der Waals surface area contributed by atoms with E-state index in [1.807, 2.05) is 55.5 Å². The predicted molar refractivity (Wildman–Crippen MR) is 119 cm³/mol. The van der Waals surface area contributed by atoms with Crippen molar-refractivity contribution in [3.8, 4) is 22.4 Å². The van der Waals surface area contributed by atoms with E-state index < -0.39 is 12.2 Å². The van der Waals surface area contributed by atoms with Crippen molar-refractivity contribution in [2.45, 2.75) is 26.1 Å². The molecule has 31 heavy (non-hydrogen) atoms. The number of nitrogens with zero attached hydrogens (tertiary/aromatic N) is 2. The van der Waals surface area contributed by atoms with Crippen molar-refractivity contribution in [3.63, 3.8) is 0 Å². The number of benzene rings is 2. The molecule has 0 aliphatic rings. The van der Waals surface area contributed by atoms with Gasteiger partial charge in [0.05, 0.1) is 11.2 Å². The summed E-state index contributed by atoms with van der Waals surface area (Å²) in [5, 5.41) is 3.98. The molecule has 1 atom stereocenters. The molecule has 2 heterocycles. The number of halogens is 4. The van der Waals surface area contributed by atoms with Crippen LogP contribution < -0.4 is 5.32 Å². The molecule has 0 saturated carbocycles. The Kier molecular flexibility index (Phi) is 5.58. The second kappa shape index (κ2) is 8.19. The Bertz CT molecular complexity index is 1220. The van der Waals surface area contributed by atoms with Crippen molar-refractivity contribution in [1.82, 2.24) is 9.97 Å². The summed E-state index contributed by atoms with van der Waals surface area (Å²) in [6.07, 6.45) is -2.53. The molecule has 1 N–H and O–H groups in total. The van der Waals surface area contributed by atoms with Crippen LogP contribution in [0.25, 0.3) is 33.3 Å². The first-order valence-corrected chi connectivity index (χ1v) is 10.1. The van der Waals surface area contributed by atoms with Crippen LogP contribution in [0, 0.1) is 6.92 Å². The van der Waals surface area contributed by atoms with Crippen LogP contribution >= 0.6 is 11.6 Å². The van der Waals surface area contributed by atoms with Crippen LogP contribution in [0.4, 0.5) is 19.0 Å². The zero-order chi connectivity index (χ0) is 22.2. The van der Waals surface area contributed by atoms with Crippen LogP contribution in [-0.4, -0.2) is 22.2 Å². The third kappa shape index (κ3) is 4.64. The number of fused-ring (bicyclic) bond motifs is 1. The number of anilines is 1. The fourth-order valence-electron chi connectivity index (χ4n) is 3.31. The van der Waals surface area contributed by atoms with Crippen molar-refractivity contribution < 1.29 is 13.2 Å². The van der Waals surface area contributed by atoms with Gasteiger partial charge in [0.25, 0.3) is 0 Å². The van der Waals surface area contributed by atoms with E-state index in [-0.39, 0.29) is 5.82 Å². The van der Waals surface area contributed by atoms with Crippen LogP contribution in [0.1, 0.15) is 12.5 Å². The number of rotatable bonds is 4. The van der Waals surface area contributed by atoms with Gasteiger partial charge in [-0.05, 0) is 61.4 Å². The monoisotopic (exact) mass is 441 g/mol. The Balaban J connectivity index is 1.62. The lowest BCUT2D eigenvalue weighted by atomic mass is 10.0. The first-order chi connectivity index (χ1) is 14.7. The molecular formula is C24H19ClF3N3. The lowest BCUT2D eigenvalue weighted by molar-refractivity contribution is -0.138. The van der Waals surface area contributed by atoms with Gasteiger partial charge in [0.1, 0.15) is 11.9 Å². The van der Waals surface area contributed by atoms with E-state index in [9.17, 15) is 13.2 Å². The maximum absolute atomic E-state index is 12.8. The molecule has 0 amide bonds. The van der Waals surface area contributed by atoms with Crippen molar-refractivity contribution in [1.29, 1.82) is 0 Å². The number of aryl methyl sites for hydroxylation is 1. The second-order valence-electron chi connectivity index (χ2n) is 7.40. The van der Waals surface area contributed by atoms with Gasteiger partial charge in [0, 0.05) is 27.7 Å². The Labute approximate surface area is 182 Å². The smallest absolute Gasteiger partial charge is 0.359 e. The van der Waals surface area contributed by atoms with E-state index in [0.717, 1.165) is 40.3 Å². The number of hydrogen-bond acceptors (Lipinski definition) is 3. The molecule has 1 unspecified atom stereocenters. The summed E-state index contributed by atoms with van der Waals surface area (Å²) in [6.45, 7) is 2.93. The third-order valence-corrected chi connectivity index (χ3v) is 5.36. The van der Waals surface area contributed by atoms with Crippen LogP contribution in [-0.2, 0) is 0 Å². The second-order valence-corrected chi connectivity index (χ2v) is 7.84. The molecule has 2 aromatic heterocycles. The summed E-state index contributed by atoms with van der Waals surface area (Å²) in [5.74, 6) is 0.202. The molecule has 4 rings (SSSR count). The number of alkyl halides is 3. The maximum atomic E-state index is 12.8. The highest BCUT2D eigenvalue weighted by atomic mass is 35.5. The topological polar surface area (TPSA) is 37.8 Å². The average Bonchev–Trinajstić information content (AvgIpc) is 2.74. The van der Waals surface area contributed by atoms with Gasteiger partial charge in [-0.15, -0.1) is 0 Å². The van der Waals surface area contributed by atoms with E-state index in [1.54, 1.807) is 18.3 Å². The molecule has 0 bridgehead atoms. The van der Waals surface area contributed by atoms with Gasteiger partial charge in [-0.3, -0.25) is 4.98 Å². The molecule has 0 radical (unpaired) electrons. The van der Waals surface area contributed by atoms with E-state index in [0.29, 0.717) is 10.5 Å². The van der Waals surface area contributed by atoms with Crippen LogP contribution in [0.15, 0.2) is 66.9 Å². The van der Waals surface area contributed by atoms with Gasteiger partial charge in [0.15, 0.2) is 0 Å². The quantitative estimate of drug-likeness (QED) is 0.361. The summed E-state index contributed by atoms with van der Waals surface area (Å²) >= 11 is 5.94. The van der Waals surface area contributed by atoms with E-state index in [2.05, 4.69) is 15.3 Å². The van der Waals surface area contributed by atoms with Gasteiger partial charge >= 0.3 is 6.18 Å². The first-order valence-electron chi connectivity index (χ1n) is 9.68. The lowest BCUT2D eigenvalue weighted by Crippen LogP contribution is -2.33. The molecule has 2 aromatic carbocycles. The van der Waals surface area contributed by atoms with E-state index in [1.165, 1.54) is 0 Å². The highest BCUT2D eigenvalue weighted by Gasteiger charge is 2.36. The summed E-state index contributed by atoms with van der Waals surface area (Å²) in [7, 11) is 0. The fraction of sp³-hybridized carbons (Fsp3) is 0.167. The molecule has 0 fully saturated rings. The maximum Gasteiger partial charge on any atom is 0.408 e. The molecule has 0 aliphatic carbocycles. The number of nitrogens with one attached hydrogen (secondary N) is 1. The Morgan fingerprint density at radius 3 is 2.23 bits per heavy atom. The first kappa shape index (κ1) is 21.1. The average molecular weight is 442 g/mol. The van der Waals surface area contributed by atoms with Gasteiger partial charge in [-0.1, -0.05) is 35.9 Å². The molecule has 0 spiro atoms. The zero-order valence-corrected chi connectivity index (χ0v) is 17.6. The predicted octanol–water partition coefficient (Wildman–Crippen LogP) is 7.29. The molecule has 3 nitrogen and oxygen atoms in total. The molecule has 7 heteroatoms. The Morgan fingerprint density at radius 2 is 1.58 bits per heavy atom. The van der Waals surface area contributed by atoms with Crippen LogP contribution in [0.5, 0.6) is 0 Å². The lowest BCUT2D eigenvalue weighted by Gasteiger charge is -2.18. The number of pyridine rings is 2. The zero-order valence-electron chi connectivity index (χ0n) is 16.8. The van der Waals surface area contributed by atoms with Crippen molar-refractivity contribution >= 4 is 28.3 Å². The minimum atomic E-state index is -4.34. The molecular weight excluding hydrogens is 423 g/mol. The van der Waals surface area contributed by atoms with Crippen LogP contribution in [0.2, 0.25) is 5.02 Å². The standard InChI is InChI=1S/C24H19ClF3N3/c1-14-11-23(30-15(2)24(26,27)28)31-22-10-5-17(12-20(14)22)21-9-6-18(13-29-21)16-3-7-19(25)8-4-16/h3-13,15H,1-2H3,(H,30,31). The highest BCUT2D eigenvalue weighted by molar-refractivity contribution is 6.30. The fourth-order valence-corrected chi connectivity index (χ4v) is 3.43. The summed E-state index contributed by atoms with van der Waals surface area (Å²) < 4.78 is 38.5. The van der Waals surface area contributed by atoms with Crippen molar-refractivity contribution in [2.24, 2.45) is 0 Å². The van der Waals surface area contributed by atoms with Gasteiger partial charge in [0.2, 0.25) is 0 Å². The summed E-state index contributed by atoms with van der Waals surface area (Å²) in [5.41, 5.74) is 5.17. The van der Waals surface area contributed by atoms with Crippen molar-refractivity contribution in [2.75, 3.05) is 5.32 Å². The van der Waals surface area contributed by atoms with E-state index >= 15 is 0 Å². The molecule has 4 aromatic rings. The molecule has 158 valence electrons. The summed E-state index contributed by atoms with van der Waals surface area (Å²) in [6, 6.07) is 17.1. The Morgan fingerprint density at radius 1 is 0.903 bits per heavy atom.